The van der Waals surface area contributed by atoms with Crippen molar-refractivity contribution >= 4 is 22.6 Å². The molecule has 2 aliphatic rings. The summed E-state index contributed by atoms with van der Waals surface area (Å²) in [6, 6.07) is 5.43. The minimum atomic E-state index is -0.429. The van der Waals surface area contributed by atoms with Crippen LogP contribution in [0.3, 0.4) is 0 Å². The average Bonchev–Trinajstić information content (AvgIpc) is 2.80. The summed E-state index contributed by atoms with van der Waals surface area (Å²) >= 11 is 0. The Morgan fingerprint density at radius 2 is 2.00 bits per heavy atom. The summed E-state index contributed by atoms with van der Waals surface area (Å²) in [5.74, 6) is -0.251. The van der Waals surface area contributed by atoms with Gasteiger partial charge in [0.1, 0.15) is 0 Å². The lowest BCUT2D eigenvalue weighted by Crippen LogP contribution is -2.46. The number of rotatable bonds is 1. The standard InChI is InChI=1S/C18H20N2O2/c1-17(2)9-18(6-3-7-18)13-11-8-10(16(19)22)4-5-12(11)20-14(13)15(17)21/h4-5,8,20H,3,6-7,9H2,1-2H3,(H2,19,22). The van der Waals surface area contributed by atoms with E-state index in [1.807, 2.05) is 26.0 Å². The van der Waals surface area contributed by atoms with Gasteiger partial charge >= 0.3 is 0 Å². The highest BCUT2D eigenvalue weighted by atomic mass is 16.1. The van der Waals surface area contributed by atoms with Gasteiger partial charge in [-0.25, -0.2) is 0 Å². The molecule has 4 rings (SSSR count). The van der Waals surface area contributed by atoms with E-state index in [2.05, 4.69) is 4.98 Å². The Bertz CT molecular complexity index is 825. The molecule has 0 atom stereocenters. The summed E-state index contributed by atoms with van der Waals surface area (Å²) in [5.41, 5.74) is 8.46. The Morgan fingerprint density at radius 3 is 2.59 bits per heavy atom. The molecule has 1 fully saturated rings. The highest BCUT2D eigenvalue weighted by molar-refractivity contribution is 6.08. The summed E-state index contributed by atoms with van der Waals surface area (Å²) in [4.78, 5) is 27.6. The average molecular weight is 296 g/mol. The zero-order valence-corrected chi connectivity index (χ0v) is 13.0. The van der Waals surface area contributed by atoms with E-state index in [0.717, 1.165) is 41.4 Å². The number of primary amides is 1. The van der Waals surface area contributed by atoms with Gasteiger partial charge in [0, 0.05) is 21.9 Å². The number of carbonyl (C=O) groups excluding carboxylic acids is 2. The van der Waals surface area contributed by atoms with Gasteiger partial charge in [-0.2, -0.15) is 0 Å². The number of benzene rings is 1. The number of hydrogen-bond acceptors (Lipinski definition) is 2. The van der Waals surface area contributed by atoms with Gasteiger partial charge in [0.05, 0.1) is 5.69 Å². The SMILES string of the molecule is CC1(C)CC2(CCC2)c2c([nH]c3ccc(C(N)=O)cc23)C1=O. The van der Waals surface area contributed by atoms with Crippen molar-refractivity contribution in [3.63, 3.8) is 0 Å². The number of nitrogens with two attached hydrogens (primary N) is 1. The van der Waals surface area contributed by atoms with Crippen molar-refractivity contribution in [2.24, 2.45) is 11.1 Å². The first-order chi connectivity index (χ1) is 10.3. The minimum Gasteiger partial charge on any atom is -0.366 e. The largest absolute Gasteiger partial charge is 0.366 e. The molecule has 1 saturated carbocycles. The molecule has 4 nitrogen and oxygen atoms in total. The van der Waals surface area contributed by atoms with E-state index in [1.165, 1.54) is 6.42 Å². The molecule has 2 aliphatic carbocycles. The van der Waals surface area contributed by atoms with E-state index in [9.17, 15) is 9.59 Å². The Morgan fingerprint density at radius 1 is 1.27 bits per heavy atom. The summed E-state index contributed by atoms with van der Waals surface area (Å²) in [6.45, 7) is 4.08. The fraction of sp³-hybridized carbons (Fsp3) is 0.444. The number of aromatic nitrogens is 1. The number of aromatic amines is 1. The quantitative estimate of drug-likeness (QED) is 0.847. The van der Waals surface area contributed by atoms with Crippen LogP contribution in [0.2, 0.25) is 0 Å². The van der Waals surface area contributed by atoms with Crippen LogP contribution in [0.1, 0.15) is 65.9 Å². The fourth-order valence-corrected chi connectivity index (χ4v) is 4.45. The van der Waals surface area contributed by atoms with Crippen LogP contribution < -0.4 is 5.73 Å². The number of carbonyl (C=O) groups is 2. The molecule has 0 aliphatic heterocycles. The van der Waals surface area contributed by atoms with Gasteiger partial charge in [0.25, 0.3) is 0 Å². The van der Waals surface area contributed by atoms with Gasteiger partial charge in [-0.15, -0.1) is 0 Å². The molecule has 0 bridgehead atoms. The zero-order chi connectivity index (χ0) is 15.7. The van der Waals surface area contributed by atoms with Crippen LogP contribution in [0.5, 0.6) is 0 Å². The van der Waals surface area contributed by atoms with Crippen LogP contribution in [0, 0.1) is 5.41 Å². The first kappa shape index (κ1) is 13.6. The van der Waals surface area contributed by atoms with Crippen LogP contribution in [0.4, 0.5) is 0 Å². The number of hydrogen-bond donors (Lipinski definition) is 2. The summed E-state index contributed by atoms with van der Waals surface area (Å²) in [7, 11) is 0. The second-order valence-electron chi connectivity index (χ2n) is 7.52. The second-order valence-corrected chi connectivity index (χ2v) is 7.52. The molecule has 0 saturated heterocycles. The number of ketones is 1. The maximum atomic E-state index is 12.8. The maximum Gasteiger partial charge on any atom is 0.248 e. The Balaban J connectivity index is 2.04. The van der Waals surface area contributed by atoms with Crippen molar-refractivity contribution in [2.75, 3.05) is 0 Å². The third kappa shape index (κ3) is 1.58. The van der Waals surface area contributed by atoms with E-state index in [0.29, 0.717) is 5.56 Å². The Kier molecular flexibility index (Phi) is 2.47. The molecular weight excluding hydrogens is 276 g/mol. The fourth-order valence-electron chi connectivity index (χ4n) is 4.45. The molecule has 1 aromatic carbocycles. The van der Waals surface area contributed by atoms with E-state index in [4.69, 9.17) is 5.73 Å². The molecule has 114 valence electrons. The number of amides is 1. The topological polar surface area (TPSA) is 76.0 Å². The Hall–Kier alpha value is -2.10. The number of nitrogens with one attached hydrogen (secondary N) is 1. The van der Waals surface area contributed by atoms with Crippen LogP contribution in [-0.4, -0.2) is 16.7 Å². The van der Waals surface area contributed by atoms with Crippen LogP contribution in [-0.2, 0) is 5.41 Å². The first-order valence-corrected chi connectivity index (χ1v) is 7.85. The summed E-state index contributed by atoms with van der Waals surface area (Å²) < 4.78 is 0. The molecule has 1 amide bonds. The smallest absolute Gasteiger partial charge is 0.248 e. The monoisotopic (exact) mass is 296 g/mol. The van der Waals surface area contributed by atoms with Crippen molar-refractivity contribution in [2.45, 2.75) is 44.9 Å². The molecule has 1 spiro atoms. The summed E-state index contributed by atoms with van der Waals surface area (Å²) in [5, 5.41) is 0.995. The zero-order valence-electron chi connectivity index (χ0n) is 13.0. The minimum absolute atomic E-state index is 0.0846. The normalized spacial score (nSPS) is 21.6. The highest BCUT2D eigenvalue weighted by Crippen LogP contribution is 2.57. The van der Waals surface area contributed by atoms with Gasteiger partial charge in [-0.05, 0) is 48.4 Å². The third-order valence-corrected chi connectivity index (χ3v) is 5.55. The van der Waals surface area contributed by atoms with E-state index >= 15 is 0 Å². The molecule has 1 heterocycles. The predicted octanol–water partition coefficient (Wildman–Crippen LogP) is 3.30. The molecule has 4 heteroatoms. The van der Waals surface area contributed by atoms with Crippen LogP contribution >= 0.6 is 0 Å². The van der Waals surface area contributed by atoms with Gasteiger partial charge in [-0.3, -0.25) is 9.59 Å². The molecule has 22 heavy (non-hydrogen) atoms. The number of fused-ring (bicyclic) bond motifs is 4. The summed E-state index contributed by atoms with van der Waals surface area (Å²) in [6.07, 6.45) is 4.32. The maximum absolute atomic E-state index is 12.8. The Labute approximate surface area is 129 Å². The van der Waals surface area contributed by atoms with Gasteiger partial charge in [-0.1, -0.05) is 20.3 Å². The van der Waals surface area contributed by atoms with Crippen LogP contribution in [0.15, 0.2) is 18.2 Å². The van der Waals surface area contributed by atoms with Gasteiger partial charge < -0.3 is 10.7 Å². The molecule has 2 aromatic rings. The first-order valence-electron chi connectivity index (χ1n) is 7.85. The van der Waals surface area contributed by atoms with Crippen molar-refractivity contribution < 1.29 is 9.59 Å². The predicted molar refractivity (Wildman–Crippen MR) is 85.1 cm³/mol. The highest BCUT2D eigenvalue weighted by Gasteiger charge is 2.52. The molecule has 1 aromatic heterocycles. The van der Waals surface area contributed by atoms with E-state index in [-0.39, 0.29) is 16.6 Å². The molecule has 0 radical (unpaired) electrons. The number of Topliss-reactive ketones (excluding diaryl/α,β-unsaturated/α-hetero) is 1. The lowest BCUT2D eigenvalue weighted by Gasteiger charge is -2.50. The van der Waals surface area contributed by atoms with Crippen molar-refractivity contribution in [1.29, 1.82) is 0 Å². The van der Waals surface area contributed by atoms with Gasteiger partial charge in [0.15, 0.2) is 5.78 Å². The van der Waals surface area contributed by atoms with E-state index in [1.54, 1.807) is 6.07 Å². The van der Waals surface area contributed by atoms with Crippen molar-refractivity contribution in [3.8, 4) is 0 Å². The molecule has 3 N–H and O–H groups in total. The van der Waals surface area contributed by atoms with Crippen molar-refractivity contribution in [1.82, 2.24) is 4.98 Å². The second kappa shape index (κ2) is 4.00. The lowest BCUT2D eigenvalue weighted by molar-refractivity contribution is 0.0659. The third-order valence-electron chi connectivity index (χ3n) is 5.55. The van der Waals surface area contributed by atoms with Gasteiger partial charge in [0.2, 0.25) is 5.91 Å². The number of H-pyrrole nitrogens is 1. The van der Waals surface area contributed by atoms with Crippen molar-refractivity contribution in [3.05, 3.63) is 35.0 Å². The lowest BCUT2D eigenvalue weighted by atomic mass is 9.53. The molecular formula is C18H20N2O2. The molecule has 0 unspecified atom stereocenters. The van der Waals surface area contributed by atoms with E-state index < -0.39 is 5.91 Å². The van der Waals surface area contributed by atoms with Crippen LogP contribution in [0.25, 0.3) is 10.9 Å².